The van der Waals surface area contributed by atoms with Crippen molar-refractivity contribution in [1.29, 1.82) is 0 Å². The van der Waals surface area contributed by atoms with Crippen molar-refractivity contribution in [3.8, 4) is 5.75 Å². The molecule has 5 nitrogen and oxygen atoms in total. The zero-order chi connectivity index (χ0) is 15.0. The minimum absolute atomic E-state index is 0.136. The number of benzene rings is 1. The molecule has 1 saturated carbocycles. The van der Waals surface area contributed by atoms with Gasteiger partial charge in [-0.25, -0.2) is 0 Å². The number of nitrogens with one attached hydrogen (secondary N) is 2. The molecule has 2 N–H and O–H groups in total. The van der Waals surface area contributed by atoms with Crippen LogP contribution in [0.4, 0.5) is 5.69 Å². The van der Waals surface area contributed by atoms with E-state index in [4.69, 9.17) is 16.3 Å². The van der Waals surface area contributed by atoms with Crippen molar-refractivity contribution in [2.75, 3.05) is 5.32 Å². The molecule has 3 rings (SSSR count). The van der Waals surface area contributed by atoms with E-state index in [0.29, 0.717) is 16.5 Å². The zero-order valence-corrected chi connectivity index (χ0v) is 12.5. The molecule has 1 aromatic rings. The first-order valence-electron chi connectivity index (χ1n) is 7.10. The maximum Gasteiger partial charge on any atom is 0.278 e. The van der Waals surface area contributed by atoms with Crippen molar-refractivity contribution in [1.82, 2.24) is 5.32 Å². The summed E-state index contributed by atoms with van der Waals surface area (Å²) in [5.74, 6) is -0.427. The molecular formula is C15H17ClN2O3. The highest BCUT2D eigenvalue weighted by Crippen LogP contribution is 2.35. The smallest absolute Gasteiger partial charge is 0.278 e. The van der Waals surface area contributed by atoms with E-state index < -0.39 is 17.4 Å². The van der Waals surface area contributed by atoms with Crippen LogP contribution in [-0.4, -0.2) is 23.5 Å². The Labute approximate surface area is 128 Å². The lowest BCUT2D eigenvalue weighted by molar-refractivity contribution is -0.147. The van der Waals surface area contributed by atoms with E-state index >= 15 is 0 Å². The van der Waals surface area contributed by atoms with Gasteiger partial charge in [-0.2, -0.15) is 0 Å². The largest absolute Gasteiger partial charge is 0.466 e. The van der Waals surface area contributed by atoms with E-state index in [1.54, 1.807) is 18.2 Å². The number of carbonyl (C=O) groups excluding carboxylic acids is 2. The van der Waals surface area contributed by atoms with Gasteiger partial charge in [0.05, 0.1) is 5.69 Å². The number of rotatable bonds is 2. The van der Waals surface area contributed by atoms with Crippen LogP contribution in [0.25, 0.3) is 0 Å². The Morgan fingerprint density at radius 2 is 2.14 bits per heavy atom. The Kier molecular flexibility index (Phi) is 3.53. The minimum atomic E-state index is -1.55. The van der Waals surface area contributed by atoms with E-state index in [0.717, 1.165) is 25.7 Å². The number of fused-ring (bicyclic) bond motifs is 1. The van der Waals surface area contributed by atoms with Gasteiger partial charge in [0.2, 0.25) is 0 Å². The highest BCUT2D eigenvalue weighted by molar-refractivity contribution is 6.31. The van der Waals surface area contributed by atoms with E-state index in [1.165, 1.54) is 6.92 Å². The summed E-state index contributed by atoms with van der Waals surface area (Å²) >= 11 is 5.89. The van der Waals surface area contributed by atoms with Gasteiger partial charge in [0.1, 0.15) is 5.75 Å². The lowest BCUT2D eigenvalue weighted by Gasteiger charge is -2.34. The first-order chi connectivity index (χ1) is 9.99. The molecule has 1 fully saturated rings. The predicted molar refractivity (Wildman–Crippen MR) is 79.5 cm³/mol. The topological polar surface area (TPSA) is 67.4 Å². The minimum Gasteiger partial charge on any atom is -0.466 e. The lowest BCUT2D eigenvalue weighted by atomic mass is 10.0. The second kappa shape index (κ2) is 5.22. The summed E-state index contributed by atoms with van der Waals surface area (Å²) in [6, 6.07) is 5.05. The maximum absolute atomic E-state index is 12.4. The summed E-state index contributed by atoms with van der Waals surface area (Å²) in [5.41, 5.74) is -1.07. The van der Waals surface area contributed by atoms with Crippen molar-refractivity contribution in [3.05, 3.63) is 23.2 Å². The van der Waals surface area contributed by atoms with Gasteiger partial charge < -0.3 is 15.4 Å². The molecule has 0 aromatic heterocycles. The molecule has 112 valence electrons. The van der Waals surface area contributed by atoms with Gasteiger partial charge in [0.25, 0.3) is 17.4 Å². The van der Waals surface area contributed by atoms with Crippen molar-refractivity contribution < 1.29 is 14.3 Å². The Balaban J connectivity index is 1.82. The van der Waals surface area contributed by atoms with E-state index in [2.05, 4.69) is 10.6 Å². The van der Waals surface area contributed by atoms with Crippen LogP contribution in [-0.2, 0) is 9.59 Å². The molecule has 1 atom stereocenters. The molecule has 21 heavy (non-hydrogen) atoms. The zero-order valence-electron chi connectivity index (χ0n) is 11.7. The van der Waals surface area contributed by atoms with Gasteiger partial charge in [-0.15, -0.1) is 0 Å². The molecule has 2 amide bonds. The van der Waals surface area contributed by atoms with Gasteiger partial charge in [-0.1, -0.05) is 24.4 Å². The molecule has 6 heteroatoms. The third-order valence-corrected chi connectivity index (χ3v) is 4.30. The SMILES string of the molecule is C[C@]1(C(=O)NC2CCCC2)Oc2ccc(Cl)cc2NC1=O. The Bertz CT molecular complexity index is 599. The Morgan fingerprint density at radius 1 is 1.43 bits per heavy atom. The molecular weight excluding hydrogens is 292 g/mol. The van der Waals surface area contributed by atoms with Gasteiger partial charge in [0.15, 0.2) is 0 Å². The number of ether oxygens (including phenoxy) is 1. The van der Waals surface area contributed by atoms with E-state index in [1.807, 2.05) is 0 Å². The average molecular weight is 309 g/mol. The lowest BCUT2D eigenvalue weighted by Crippen LogP contribution is -2.60. The van der Waals surface area contributed by atoms with E-state index in [9.17, 15) is 9.59 Å². The fourth-order valence-electron chi connectivity index (χ4n) is 2.74. The van der Waals surface area contributed by atoms with Crippen LogP contribution >= 0.6 is 11.6 Å². The third kappa shape index (κ3) is 2.58. The Hall–Kier alpha value is -1.75. The monoisotopic (exact) mass is 308 g/mol. The summed E-state index contributed by atoms with van der Waals surface area (Å²) in [6.45, 7) is 1.49. The van der Waals surface area contributed by atoms with Crippen LogP contribution in [0.5, 0.6) is 5.75 Å². The first kappa shape index (κ1) is 14.2. The van der Waals surface area contributed by atoms with Crippen LogP contribution in [0.3, 0.4) is 0 Å². The van der Waals surface area contributed by atoms with Crippen molar-refractivity contribution in [3.63, 3.8) is 0 Å². The standard InChI is InChI=1S/C15H17ClN2O3/c1-15(13(19)17-10-4-2-3-5-10)14(20)18-11-8-9(16)6-7-12(11)21-15/h6-8,10H,2-5H2,1H3,(H,17,19)(H,18,20)/t15-/m1/s1. The summed E-state index contributed by atoms with van der Waals surface area (Å²) < 4.78 is 5.68. The fraction of sp³-hybridized carbons (Fsp3) is 0.467. The third-order valence-electron chi connectivity index (χ3n) is 4.06. The summed E-state index contributed by atoms with van der Waals surface area (Å²) in [6.07, 6.45) is 4.12. The quantitative estimate of drug-likeness (QED) is 0.825. The van der Waals surface area contributed by atoms with Crippen molar-refractivity contribution >= 4 is 29.1 Å². The predicted octanol–water partition coefficient (Wildman–Crippen LogP) is 2.49. The Morgan fingerprint density at radius 3 is 2.86 bits per heavy atom. The first-order valence-corrected chi connectivity index (χ1v) is 7.48. The van der Waals surface area contributed by atoms with Crippen LogP contribution in [0.2, 0.25) is 5.02 Å². The van der Waals surface area contributed by atoms with Crippen molar-refractivity contribution in [2.45, 2.75) is 44.2 Å². The van der Waals surface area contributed by atoms with Crippen LogP contribution < -0.4 is 15.4 Å². The molecule has 0 bridgehead atoms. The van der Waals surface area contributed by atoms with Gasteiger partial charge in [-0.3, -0.25) is 9.59 Å². The van der Waals surface area contributed by atoms with Crippen molar-refractivity contribution in [2.24, 2.45) is 0 Å². The number of halogens is 1. The molecule has 0 spiro atoms. The van der Waals surface area contributed by atoms with Crippen LogP contribution in [0.1, 0.15) is 32.6 Å². The number of anilines is 1. The fourth-order valence-corrected chi connectivity index (χ4v) is 2.91. The van der Waals surface area contributed by atoms with E-state index in [-0.39, 0.29) is 6.04 Å². The number of carbonyl (C=O) groups is 2. The molecule has 1 heterocycles. The highest BCUT2D eigenvalue weighted by Gasteiger charge is 2.47. The maximum atomic E-state index is 12.4. The van der Waals surface area contributed by atoms with Gasteiger partial charge in [-0.05, 0) is 38.0 Å². The normalized spacial score (nSPS) is 25.0. The molecule has 0 unspecified atom stereocenters. The summed E-state index contributed by atoms with van der Waals surface area (Å²) in [7, 11) is 0. The van der Waals surface area contributed by atoms with Crippen LogP contribution in [0.15, 0.2) is 18.2 Å². The summed E-state index contributed by atoms with van der Waals surface area (Å²) in [5, 5.41) is 6.10. The molecule has 2 aliphatic rings. The highest BCUT2D eigenvalue weighted by atomic mass is 35.5. The number of hydrogen-bond acceptors (Lipinski definition) is 3. The summed E-state index contributed by atoms with van der Waals surface area (Å²) in [4.78, 5) is 24.7. The number of hydrogen-bond donors (Lipinski definition) is 2. The van der Waals surface area contributed by atoms with Crippen LogP contribution in [0, 0.1) is 0 Å². The molecule has 0 saturated heterocycles. The second-order valence-electron chi connectivity index (χ2n) is 5.68. The molecule has 0 radical (unpaired) electrons. The molecule has 1 aliphatic carbocycles. The van der Waals surface area contributed by atoms with Gasteiger partial charge >= 0.3 is 0 Å². The molecule has 1 aliphatic heterocycles. The van der Waals surface area contributed by atoms with Gasteiger partial charge in [0, 0.05) is 11.1 Å². The number of amides is 2. The average Bonchev–Trinajstić information content (AvgIpc) is 2.93. The molecule has 1 aromatic carbocycles. The second-order valence-corrected chi connectivity index (χ2v) is 6.12.